The number of alkyl halides is 1. The van der Waals surface area contributed by atoms with Gasteiger partial charge in [-0.05, 0) is 31.0 Å². The molecular weight excluding hydrogens is 200 g/mol. The maximum atomic E-state index is 10.3. The van der Waals surface area contributed by atoms with Crippen LogP contribution in [0.3, 0.4) is 0 Å². The van der Waals surface area contributed by atoms with Gasteiger partial charge >= 0.3 is 0 Å². The molecule has 0 aliphatic rings. The number of aldehydes is 1. The minimum Gasteiger partial charge on any atom is -0.494 e. The number of benzene rings is 1. The Labute approximate surface area is 88.8 Å². The number of halogens is 1. The van der Waals surface area contributed by atoms with Crippen LogP contribution in [0.15, 0.2) is 24.3 Å². The Kier molecular flexibility index (Phi) is 4.47. The molecule has 1 atom stereocenters. The van der Waals surface area contributed by atoms with Crippen LogP contribution in [0.1, 0.15) is 12.5 Å². The number of ether oxygens (including phenoxy) is 1. The Morgan fingerprint density at radius 2 is 2.07 bits per heavy atom. The first-order valence-electron chi connectivity index (χ1n) is 4.57. The summed E-state index contributed by atoms with van der Waals surface area (Å²) in [5.74, 6) is 0.841. The van der Waals surface area contributed by atoms with Gasteiger partial charge in [-0.2, -0.15) is 0 Å². The molecule has 0 aromatic heterocycles. The molecule has 0 amide bonds. The second-order valence-corrected chi connectivity index (χ2v) is 3.49. The van der Waals surface area contributed by atoms with Gasteiger partial charge in [-0.25, -0.2) is 0 Å². The summed E-state index contributed by atoms with van der Waals surface area (Å²) in [6.07, 6.45) is 1.31. The summed E-state index contributed by atoms with van der Waals surface area (Å²) in [5.41, 5.74) is 1.04. The topological polar surface area (TPSA) is 26.3 Å². The molecule has 0 saturated carbocycles. The van der Waals surface area contributed by atoms with Gasteiger partial charge in [0.15, 0.2) is 0 Å². The number of hydrogen-bond acceptors (Lipinski definition) is 2. The molecular formula is C11H13ClO2. The molecule has 3 heteroatoms. The van der Waals surface area contributed by atoms with Crippen LogP contribution in [0, 0.1) is 0 Å². The summed E-state index contributed by atoms with van der Waals surface area (Å²) >= 11 is 5.70. The molecule has 76 valence electrons. The van der Waals surface area contributed by atoms with Gasteiger partial charge in [0.2, 0.25) is 0 Å². The fraction of sp³-hybridized carbons (Fsp3) is 0.364. The van der Waals surface area contributed by atoms with E-state index in [0.717, 1.165) is 17.6 Å². The molecule has 2 nitrogen and oxygen atoms in total. The Bertz CT molecular complexity index is 282. The van der Waals surface area contributed by atoms with Gasteiger partial charge in [-0.1, -0.05) is 12.1 Å². The van der Waals surface area contributed by atoms with E-state index >= 15 is 0 Å². The van der Waals surface area contributed by atoms with Crippen LogP contribution in [0.5, 0.6) is 5.75 Å². The van der Waals surface area contributed by atoms with Crippen LogP contribution in [0.4, 0.5) is 0 Å². The Balaban J connectivity index is 2.59. The molecule has 0 fully saturated rings. The summed E-state index contributed by atoms with van der Waals surface area (Å²) in [6, 6.07) is 7.61. The lowest BCUT2D eigenvalue weighted by Crippen LogP contribution is -2.04. The van der Waals surface area contributed by atoms with Crippen molar-refractivity contribution in [3.63, 3.8) is 0 Å². The molecule has 1 aromatic carbocycles. The fourth-order valence-corrected chi connectivity index (χ4v) is 1.34. The van der Waals surface area contributed by atoms with E-state index in [2.05, 4.69) is 0 Å². The quantitative estimate of drug-likeness (QED) is 0.554. The Morgan fingerprint density at radius 1 is 1.43 bits per heavy atom. The zero-order chi connectivity index (χ0) is 10.4. The number of rotatable bonds is 5. The molecule has 1 unspecified atom stereocenters. The smallest absolute Gasteiger partial charge is 0.138 e. The predicted molar refractivity (Wildman–Crippen MR) is 57.0 cm³/mol. The predicted octanol–water partition coefficient (Wildman–Crippen LogP) is 2.43. The van der Waals surface area contributed by atoms with Crippen LogP contribution in [0.25, 0.3) is 0 Å². The minimum absolute atomic E-state index is 0.437. The van der Waals surface area contributed by atoms with Crippen molar-refractivity contribution < 1.29 is 9.53 Å². The summed E-state index contributed by atoms with van der Waals surface area (Å²) in [7, 11) is 0. The minimum atomic E-state index is -0.437. The normalized spacial score (nSPS) is 12.1. The van der Waals surface area contributed by atoms with Crippen molar-refractivity contribution >= 4 is 17.9 Å². The van der Waals surface area contributed by atoms with E-state index in [1.165, 1.54) is 0 Å². The summed E-state index contributed by atoms with van der Waals surface area (Å²) < 4.78 is 5.29. The number of carbonyl (C=O) groups excluding carboxylic acids is 1. The Morgan fingerprint density at radius 3 is 2.57 bits per heavy atom. The van der Waals surface area contributed by atoms with Crippen molar-refractivity contribution in [2.24, 2.45) is 0 Å². The van der Waals surface area contributed by atoms with Gasteiger partial charge < -0.3 is 9.53 Å². The lowest BCUT2D eigenvalue weighted by molar-refractivity contribution is -0.107. The first-order chi connectivity index (χ1) is 6.76. The number of carbonyl (C=O) groups is 1. The molecule has 1 aromatic rings. The van der Waals surface area contributed by atoms with Crippen molar-refractivity contribution in [3.8, 4) is 5.75 Å². The molecule has 0 aliphatic carbocycles. The second kappa shape index (κ2) is 5.66. The SMILES string of the molecule is CCOc1ccc(CC(Cl)C=O)cc1. The highest BCUT2D eigenvalue weighted by Crippen LogP contribution is 2.14. The third-order valence-electron chi connectivity index (χ3n) is 1.81. The van der Waals surface area contributed by atoms with E-state index in [4.69, 9.17) is 16.3 Å². The van der Waals surface area contributed by atoms with Gasteiger partial charge in [-0.15, -0.1) is 11.6 Å². The van der Waals surface area contributed by atoms with Gasteiger partial charge in [-0.3, -0.25) is 0 Å². The van der Waals surface area contributed by atoms with Crippen LogP contribution >= 0.6 is 11.6 Å². The molecule has 0 radical (unpaired) electrons. The highest BCUT2D eigenvalue weighted by Gasteiger charge is 2.03. The zero-order valence-electron chi connectivity index (χ0n) is 8.07. The van der Waals surface area contributed by atoms with E-state index in [1.54, 1.807) is 0 Å². The molecule has 0 spiro atoms. The van der Waals surface area contributed by atoms with E-state index in [1.807, 2.05) is 31.2 Å². The molecule has 14 heavy (non-hydrogen) atoms. The average molecular weight is 213 g/mol. The third-order valence-corrected chi connectivity index (χ3v) is 2.07. The highest BCUT2D eigenvalue weighted by atomic mass is 35.5. The molecule has 1 rings (SSSR count). The van der Waals surface area contributed by atoms with Crippen LogP contribution in [0.2, 0.25) is 0 Å². The molecule has 0 aliphatic heterocycles. The first kappa shape index (κ1) is 11.1. The van der Waals surface area contributed by atoms with E-state index in [9.17, 15) is 4.79 Å². The van der Waals surface area contributed by atoms with Crippen molar-refractivity contribution in [2.75, 3.05) is 6.61 Å². The maximum Gasteiger partial charge on any atom is 0.138 e. The monoisotopic (exact) mass is 212 g/mol. The van der Waals surface area contributed by atoms with Crippen molar-refractivity contribution in [1.82, 2.24) is 0 Å². The zero-order valence-corrected chi connectivity index (χ0v) is 8.83. The first-order valence-corrected chi connectivity index (χ1v) is 5.01. The van der Waals surface area contributed by atoms with Crippen LogP contribution in [-0.2, 0) is 11.2 Å². The van der Waals surface area contributed by atoms with Gasteiger partial charge in [0, 0.05) is 0 Å². The summed E-state index contributed by atoms with van der Waals surface area (Å²) in [4.78, 5) is 10.3. The number of hydrogen-bond donors (Lipinski definition) is 0. The lowest BCUT2D eigenvalue weighted by Gasteiger charge is -2.05. The van der Waals surface area contributed by atoms with Gasteiger partial charge in [0.1, 0.15) is 12.0 Å². The summed E-state index contributed by atoms with van der Waals surface area (Å²) in [5, 5.41) is -0.437. The Hall–Kier alpha value is -1.02. The van der Waals surface area contributed by atoms with Crippen molar-refractivity contribution in [2.45, 2.75) is 18.7 Å². The maximum absolute atomic E-state index is 10.3. The lowest BCUT2D eigenvalue weighted by atomic mass is 10.1. The fourth-order valence-electron chi connectivity index (χ4n) is 1.16. The molecule has 0 N–H and O–H groups in total. The van der Waals surface area contributed by atoms with Crippen molar-refractivity contribution in [3.05, 3.63) is 29.8 Å². The molecule has 0 heterocycles. The summed E-state index contributed by atoms with van der Waals surface area (Å²) in [6.45, 7) is 2.60. The van der Waals surface area contributed by atoms with Gasteiger partial charge in [0.25, 0.3) is 0 Å². The third kappa shape index (κ3) is 3.38. The van der Waals surface area contributed by atoms with E-state index in [0.29, 0.717) is 13.0 Å². The average Bonchev–Trinajstić information content (AvgIpc) is 2.21. The second-order valence-electron chi connectivity index (χ2n) is 2.93. The van der Waals surface area contributed by atoms with Crippen LogP contribution < -0.4 is 4.74 Å². The largest absolute Gasteiger partial charge is 0.494 e. The standard InChI is InChI=1S/C11H13ClO2/c1-2-14-11-5-3-9(4-6-11)7-10(12)8-13/h3-6,8,10H,2,7H2,1H3. The van der Waals surface area contributed by atoms with Crippen LogP contribution in [-0.4, -0.2) is 18.3 Å². The highest BCUT2D eigenvalue weighted by molar-refractivity contribution is 6.27. The van der Waals surface area contributed by atoms with E-state index in [-0.39, 0.29) is 0 Å². The van der Waals surface area contributed by atoms with E-state index < -0.39 is 5.38 Å². The van der Waals surface area contributed by atoms with Crippen molar-refractivity contribution in [1.29, 1.82) is 0 Å². The van der Waals surface area contributed by atoms with Gasteiger partial charge in [0.05, 0.1) is 12.0 Å². The molecule has 0 saturated heterocycles. The molecule has 0 bridgehead atoms.